The summed E-state index contributed by atoms with van der Waals surface area (Å²) in [7, 11) is 0. The molecule has 1 saturated heterocycles. The minimum Gasteiger partial charge on any atom is -0.481 e. The SMILES string of the molecule is O=C(O)CCC(NCC(=O)NC(CCCCNC(=S)Nc1ccc(CC2CN(CC(=O)O)CCN(CC(=O)O)CCN2CC(=O)O)cc1)C(=O)O)C(=O)O. The Morgan fingerprint density at radius 2 is 1.31 bits per heavy atom. The molecule has 1 aliphatic heterocycles. The minimum absolute atomic E-state index is 0.0886. The van der Waals surface area contributed by atoms with Gasteiger partial charge in [0.2, 0.25) is 5.91 Å². The Kier molecular flexibility index (Phi) is 19.8. The molecule has 1 aromatic rings. The Hall–Kier alpha value is -4.96. The van der Waals surface area contributed by atoms with Crippen molar-refractivity contribution in [2.45, 2.75) is 56.7 Å². The minimum atomic E-state index is -1.33. The molecule has 0 aromatic heterocycles. The first kappa shape index (κ1) is 45.2. The second-order valence-corrected chi connectivity index (χ2v) is 13.2. The van der Waals surface area contributed by atoms with Crippen LogP contribution in [0.2, 0.25) is 0 Å². The molecular formula is C33H49N7O13S. The number of carbonyl (C=O) groups is 7. The van der Waals surface area contributed by atoms with Gasteiger partial charge in [-0.05, 0) is 62.0 Å². The van der Waals surface area contributed by atoms with Crippen LogP contribution in [0.1, 0.15) is 37.7 Å². The third-order valence-electron chi connectivity index (χ3n) is 8.45. The maximum absolute atomic E-state index is 12.2. The number of thiocarbonyl (C=S) groups is 1. The molecule has 20 nitrogen and oxygen atoms in total. The highest BCUT2D eigenvalue weighted by molar-refractivity contribution is 7.80. The van der Waals surface area contributed by atoms with Crippen molar-refractivity contribution in [1.82, 2.24) is 30.7 Å². The highest BCUT2D eigenvalue weighted by Crippen LogP contribution is 2.16. The van der Waals surface area contributed by atoms with Gasteiger partial charge in [0.25, 0.3) is 0 Å². The molecule has 1 aliphatic rings. The molecule has 3 unspecified atom stereocenters. The Morgan fingerprint density at radius 1 is 0.722 bits per heavy atom. The number of rotatable bonds is 23. The molecule has 0 aliphatic carbocycles. The van der Waals surface area contributed by atoms with E-state index >= 15 is 0 Å². The number of unbranched alkanes of at least 4 members (excludes halogenated alkanes) is 1. The van der Waals surface area contributed by atoms with E-state index in [-0.39, 0.29) is 51.6 Å². The highest BCUT2D eigenvalue weighted by atomic mass is 32.1. The monoisotopic (exact) mass is 783 g/mol. The van der Waals surface area contributed by atoms with Gasteiger partial charge in [-0.3, -0.25) is 48.8 Å². The van der Waals surface area contributed by atoms with E-state index in [1.807, 2.05) is 12.1 Å². The van der Waals surface area contributed by atoms with Crippen molar-refractivity contribution in [1.29, 1.82) is 0 Å². The van der Waals surface area contributed by atoms with Gasteiger partial charge >= 0.3 is 35.8 Å². The molecule has 1 heterocycles. The summed E-state index contributed by atoms with van der Waals surface area (Å²) in [5.74, 6) is -7.68. The molecule has 1 aromatic carbocycles. The van der Waals surface area contributed by atoms with E-state index in [1.54, 1.807) is 26.8 Å². The van der Waals surface area contributed by atoms with Crippen LogP contribution in [-0.4, -0.2) is 176 Å². The number of hydrogen-bond donors (Lipinski definition) is 10. The van der Waals surface area contributed by atoms with Crippen molar-refractivity contribution in [3.63, 3.8) is 0 Å². The number of carboxylic acids is 6. The normalized spacial score (nSPS) is 16.8. The number of aliphatic carboxylic acids is 6. The van der Waals surface area contributed by atoms with E-state index in [0.717, 1.165) is 5.56 Å². The molecule has 1 fully saturated rings. The molecule has 3 atom stereocenters. The van der Waals surface area contributed by atoms with Crippen LogP contribution in [0, 0.1) is 0 Å². The molecule has 0 radical (unpaired) electrons. The van der Waals surface area contributed by atoms with Gasteiger partial charge in [0.15, 0.2) is 5.11 Å². The highest BCUT2D eigenvalue weighted by Gasteiger charge is 2.28. The summed E-state index contributed by atoms with van der Waals surface area (Å²) in [6, 6.07) is 4.35. The fraction of sp³-hybridized carbons (Fsp3) is 0.576. The Bertz CT molecular complexity index is 1470. The lowest BCUT2D eigenvalue weighted by Crippen LogP contribution is -2.49. The zero-order chi connectivity index (χ0) is 40.2. The standard InChI is InChI=1S/C33H49N7O13S/c41-26(16-35-24(31(50)51)8-9-27(42)43)37-25(32(52)53)3-1-2-10-34-33(54)36-22-6-4-21(5-7-22)15-23-17-39(19-29(46)47)12-11-38(18-28(44)45)13-14-40(23)20-30(48)49/h4-7,23-25,35H,1-3,8-20H2,(H,37,41)(H,42,43)(H,44,45)(H,46,47)(H,48,49)(H,50,51)(H,52,53)(H2,34,36,54). The molecule has 10 N–H and O–H groups in total. The smallest absolute Gasteiger partial charge is 0.326 e. The predicted octanol–water partition coefficient (Wildman–Crippen LogP) is -1.30. The summed E-state index contributed by atoms with van der Waals surface area (Å²) >= 11 is 5.37. The van der Waals surface area contributed by atoms with Crippen molar-refractivity contribution in [2.75, 3.05) is 70.8 Å². The van der Waals surface area contributed by atoms with Gasteiger partial charge in [0.05, 0.1) is 26.2 Å². The fourth-order valence-corrected chi connectivity index (χ4v) is 5.98. The zero-order valence-corrected chi connectivity index (χ0v) is 30.5. The van der Waals surface area contributed by atoms with Crippen LogP contribution in [0.15, 0.2) is 24.3 Å². The van der Waals surface area contributed by atoms with Crippen LogP contribution in [0.5, 0.6) is 0 Å². The van der Waals surface area contributed by atoms with Crippen molar-refractivity contribution in [2.24, 2.45) is 0 Å². The van der Waals surface area contributed by atoms with E-state index in [9.17, 15) is 59.1 Å². The first-order chi connectivity index (χ1) is 25.5. The summed E-state index contributed by atoms with van der Waals surface area (Å²) in [5, 5.41) is 66.9. The molecule has 0 spiro atoms. The van der Waals surface area contributed by atoms with E-state index in [2.05, 4.69) is 21.3 Å². The van der Waals surface area contributed by atoms with Gasteiger partial charge in [-0.1, -0.05) is 12.1 Å². The predicted molar refractivity (Wildman–Crippen MR) is 195 cm³/mol. The topological polar surface area (TPSA) is 299 Å². The molecular weight excluding hydrogens is 734 g/mol. The quantitative estimate of drug-likeness (QED) is 0.0456. The molecule has 21 heteroatoms. The fourth-order valence-electron chi connectivity index (χ4n) is 5.76. The molecule has 2 rings (SSSR count). The van der Waals surface area contributed by atoms with Crippen LogP contribution in [0.3, 0.4) is 0 Å². The lowest BCUT2D eigenvalue weighted by Gasteiger charge is -2.33. The van der Waals surface area contributed by atoms with E-state index in [1.165, 1.54) is 0 Å². The Morgan fingerprint density at radius 3 is 1.91 bits per heavy atom. The average Bonchev–Trinajstić information content (AvgIpc) is 3.13. The first-order valence-corrected chi connectivity index (χ1v) is 17.6. The van der Waals surface area contributed by atoms with E-state index in [4.69, 9.17) is 17.3 Å². The molecule has 54 heavy (non-hydrogen) atoms. The number of carbonyl (C=O) groups excluding carboxylic acids is 1. The van der Waals surface area contributed by atoms with E-state index < -0.39 is 66.8 Å². The number of anilines is 1. The van der Waals surface area contributed by atoms with Crippen molar-refractivity contribution in [3.8, 4) is 0 Å². The number of benzene rings is 1. The largest absolute Gasteiger partial charge is 0.481 e. The van der Waals surface area contributed by atoms with Gasteiger partial charge < -0.3 is 46.6 Å². The number of amides is 1. The van der Waals surface area contributed by atoms with Gasteiger partial charge in [0.1, 0.15) is 12.1 Å². The van der Waals surface area contributed by atoms with Crippen LogP contribution >= 0.6 is 12.2 Å². The summed E-state index contributed by atoms with van der Waals surface area (Å²) in [5.41, 5.74) is 1.51. The summed E-state index contributed by atoms with van der Waals surface area (Å²) in [6.45, 7) is 0.494. The second-order valence-electron chi connectivity index (χ2n) is 12.8. The first-order valence-electron chi connectivity index (χ1n) is 17.2. The second kappa shape index (κ2) is 23.7. The van der Waals surface area contributed by atoms with Crippen molar-refractivity contribution >= 4 is 64.7 Å². The molecule has 0 bridgehead atoms. The maximum atomic E-state index is 12.2. The molecule has 300 valence electrons. The van der Waals surface area contributed by atoms with Gasteiger partial charge in [-0.2, -0.15) is 0 Å². The van der Waals surface area contributed by atoms with Crippen LogP contribution < -0.4 is 21.3 Å². The summed E-state index contributed by atoms with van der Waals surface area (Å²) < 4.78 is 0. The average molecular weight is 784 g/mol. The van der Waals surface area contributed by atoms with E-state index in [0.29, 0.717) is 56.2 Å². The van der Waals surface area contributed by atoms with Crippen LogP contribution in [-0.2, 0) is 40.0 Å². The number of carboxylic acid groups (broad SMARTS) is 6. The number of hydrogen-bond acceptors (Lipinski definition) is 12. The summed E-state index contributed by atoms with van der Waals surface area (Å²) in [6.07, 6.45) is 0.710. The molecule has 1 amide bonds. The third kappa shape index (κ3) is 18.7. The summed E-state index contributed by atoms with van der Waals surface area (Å²) in [4.78, 5) is 85.7. The van der Waals surface area contributed by atoms with Crippen LogP contribution in [0.4, 0.5) is 5.69 Å². The van der Waals surface area contributed by atoms with Crippen molar-refractivity contribution in [3.05, 3.63) is 29.8 Å². The lowest BCUT2D eigenvalue weighted by atomic mass is 10.0. The molecule has 0 saturated carbocycles. The van der Waals surface area contributed by atoms with Crippen LogP contribution in [0.25, 0.3) is 0 Å². The van der Waals surface area contributed by atoms with Gasteiger partial charge in [-0.15, -0.1) is 0 Å². The number of nitrogens with one attached hydrogen (secondary N) is 4. The maximum Gasteiger partial charge on any atom is 0.326 e. The third-order valence-corrected chi connectivity index (χ3v) is 8.70. The lowest BCUT2D eigenvalue weighted by molar-refractivity contribution is -0.143. The van der Waals surface area contributed by atoms with Gasteiger partial charge in [-0.25, -0.2) is 4.79 Å². The zero-order valence-electron chi connectivity index (χ0n) is 29.6. The Balaban J connectivity index is 1.88. The number of nitrogens with zero attached hydrogens (tertiary/aromatic N) is 3. The Labute approximate surface area is 316 Å². The van der Waals surface area contributed by atoms with Gasteiger partial charge in [0, 0.05) is 57.4 Å². The van der Waals surface area contributed by atoms with Crippen molar-refractivity contribution < 1.29 is 64.2 Å².